The Labute approximate surface area is 122 Å². The largest absolute Gasteiger partial charge is 0.489 e. The number of hydrogen-bond donors (Lipinski definition) is 1. The Morgan fingerprint density at radius 2 is 1.86 bits per heavy atom. The first kappa shape index (κ1) is 17.8. The minimum Gasteiger partial charge on any atom is -0.489 e. The van der Waals surface area contributed by atoms with Gasteiger partial charge in [-0.25, -0.2) is 4.39 Å². The molecule has 21 heavy (non-hydrogen) atoms. The Morgan fingerprint density at radius 3 is 2.38 bits per heavy atom. The van der Waals surface area contributed by atoms with Crippen LogP contribution in [0.1, 0.15) is 39.7 Å². The third kappa shape index (κ3) is 5.53. The summed E-state index contributed by atoms with van der Waals surface area (Å²) >= 11 is 0. The third-order valence-corrected chi connectivity index (χ3v) is 3.33. The Bertz CT molecular complexity index is 471. The maximum atomic E-state index is 13.2. The molecule has 1 aromatic rings. The van der Waals surface area contributed by atoms with Crippen molar-refractivity contribution in [3.63, 3.8) is 0 Å². The van der Waals surface area contributed by atoms with E-state index in [0.717, 1.165) is 12.5 Å². The number of ether oxygens (including phenoxy) is 1. The summed E-state index contributed by atoms with van der Waals surface area (Å²) in [4.78, 5) is 0. The first-order valence-corrected chi connectivity index (χ1v) is 6.83. The van der Waals surface area contributed by atoms with Gasteiger partial charge in [0.2, 0.25) is 0 Å². The van der Waals surface area contributed by atoms with E-state index in [1.165, 1.54) is 6.07 Å². The molecule has 0 saturated heterocycles. The van der Waals surface area contributed by atoms with Crippen LogP contribution in [0.4, 0.5) is 17.6 Å². The molecule has 0 bridgehead atoms. The Balaban J connectivity index is 2.71. The fourth-order valence-electron chi connectivity index (χ4n) is 1.61. The molecule has 120 valence electrons. The van der Waals surface area contributed by atoms with Crippen LogP contribution in [-0.2, 0) is 6.18 Å². The van der Waals surface area contributed by atoms with E-state index in [2.05, 4.69) is 5.32 Å². The van der Waals surface area contributed by atoms with Crippen LogP contribution in [0.15, 0.2) is 18.2 Å². The molecule has 1 atom stereocenters. The monoisotopic (exact) mass is 307 g/mol. The Kier molecular flexibility index (Phi) is 5.61. The van der Waals surface area contributed by atoms with Gasteiger partial charge in [-0.1, -0.05) is 6.92 Å². The lowest BCUT2D eigenvalue weighted by atomic mass is 10.0. The third-order valence-electron chi connectivity index (χ3n) is 3.33. The minimum absolute atomic E-state index is 0.00679. The average molecular weight is 307 g/mol. The van der Waals surface area contributed by atoms with Gasteiger partial charge in [0.05, 0.1) is 5.56 Å². The normalized spacial score (nSPS) is 14.1. The summed E-state index contributed by atoms with van der Waals surface area (Å²) in [7, 11) is 0. The zero-order chi connectivity index (χ0) is 16.3. The topological polar surface area (TPSA) is 21.3 Å². The van der Waals surface area contributed by atoms with Gasteiger partial charge in [-0.3, -0.25) is 0 Å². The van der Waals surface area contributed by atoms with Crippen LogP contribution in [0, 0.1) is 5.82 Å². The molecule has 1 rings (SSSR count). The fourth-order valence-corrected chi connectivity index (χ4v) is 1.61. The van der Waals surface area contributed by atoms with Gasteiger partial charge >= 0.3 is 6.18 Å². The van der Waals surface area contributed by atoms with E-state index in [9.17, 15) is 17.6 Å². The van der Waals surface area contributed by atoms with Crippen molar-refractivity contribution in [3.8, 4) is 5.75 Å². The highest BCUT2D eigenvalue weighted by atomic mass is 19.4. The molecule has 0 radical (unpaired) electrons. The fraction of sp³-hybridized carbons (Fsp3) is 0.600. The maximum absolute atomic E-state index is 13.2. The van der Waals surface area contributed by atoms with Crippen LogP contribution >= 0.6 is 0 Å². The van der Waals surface area contributed by atoms with Crippen molar-refractivity contribution in [1.82, 2.24) is 5.32 Å². The Hall–Kier alpha value is -1.30. The lowest BCUT2D eigenvalue weighted by molar-refractivity contribution is -0.140. The molecular weight excluding hydrogens is 286 g/mol. The highest BCUT2D eigenvalue weighted by Gasteiger charge is 2.34. The Morgan fingerprint density at radius 1 is 1.24 bits per heavy atom. The van der Waals surface area contributed by atoms with Crippen molar-refractivity contribution < 1.29 is 22.3 Å². The molecule has 0 spiro atoms. The smallest absolute Gasteiger partial charge is 0.419 e. The standard InChI is InChI=1S/C15H21F4NO/c1-5-14(3,4)20-9-10(2)21-11-6-7-13(16)12(8-11)15(17,18)19/h6-8,10,20H,5,9H2,1-4H3. The molecule has 0 aliphatic rings. The number of halogens is 4. The van der Waals surface area contributed by atoms with Gasteiger partial charge in [-0.2, -0.15) is 13.2 Å². The summed E-state index contributed by atoms with van der Waals surface area (Å²) in [5, 5.41) is 3.26. The first-order chi connectivity index (χ1) is 9.55. The molecule has 0 aliphatic heterocycles. The van der Waals surface area contributed by atoms with E-state index < -0.39 is 17.6 Å². The predicted molar refractivity (Wildman–Crippen MR) is 73.9 cm³/mol. The van der Waals surface area contributed by atoms with Crippen molar-refractivity contribution in [1.29, 1.82) is 0 Å². The summed E-state index contributed by atoms with van der Waals surface area (Å²) in [6.07, 6.45) is -4.15. The van der Waals surface area contributed by atoms with E-state index in [1.807, 2.05) is 20.8 Å². The SMILES string of the molecule is CCC(C)(C)NCC(C)Oc1ccc(F)c(C(F)(F)F)c1. The number of benzene rings is 1. The van der Waals surface area contributed by atoms with Crippen LogP contribution in [-0.4, -0.2) is 18.2 Å². The van der Waals surface area contributed by atoms with Gasteiger partial charge in [0, 0.05) is 12.1 Å². The van der Waals surface area contributed by atoms with Crippen molar-refractivity contribution >= 4 is 0 Å². The molecule has 0 heterocycles. The summed E-state index contributed by atoms with van der Waals surface area (Å²) in [5.74, 6) is -1.29. The average Bonchev–Trinajstić information content (AvgIpc) is 2.37. The van der Waals surface area contributed by atoms with Crippen molar-refractivity contribution in [3.05, 3.63) is 29.6 Å². The van der Waals surface area contributed by atoms with Crippen LogP contribution in [0.5, 0.6) is 5.75 Å². The molecule has 0 aliphatic carbocycles. The maximum Gasteiger partial charge on any atom is 0.419 e. The van der Waals surface area contributed by atoms with Crippen LogP contribution in [0.3, 0.4) is 0 Å². The molecule has 0 fully saturated rings. The predicted octanol–water partition coefficient (Wildman–Crippen LogP) is 4.39. The summed E-state index contributed by atoms with van der Waals surface area (Å²) in [6.45, 7) is 8.32. The summed E-state index contributed by atoms with van der Waals surface area (Å²) in [6, 6.07) is 2.66. The van der Waals surface area contributed by atoms with Gasteiger partial charge in [0.1, 0.15) is 17.7 Å². The van der Waals surface area contributed by atoms with E-state index in [-0.39, 0.29) is 17.4 Å². The zero-order valence-electron chi connectivity index (χ0n) is 12.6. The zero-order valence-corrected chi connectivity index (χ0v) is 12.6. The van der Waals surface area contributed by atoms with E-state index in [1.54, 1.807) is 6.92 Å². The number of rotatable bonds is 6. The lowest BCUT2D eigenvalue weighted by Gasteiger charge is -2.27. The molecule has 0 aromatic heterocycles. The van der Waals surface area contributed by atoms with Gasteiger partial charge in [-0.05, 0) is 45.4 Å². The van der Waals surface area contributed by atoms with E-state index in [4.69, 9.17) is 4.74 Å². The van der Waals surface area contributed by atoms with Gasteiger partial charge in [0.15, 0.2) is 0 Å². The molecule has 2 nitrogen and oxygen atoms in total. The molecular formula is C15H21F4NO. The molecule has 0 saturated carbocycles. The summed E-state index contributed by atoms with van der Waals surface area (Å²) in [5.41, 5.74) is -1.38. The molecule has 1 N–H and O–H groups in total. The number of nitrogens with one attached hydrogen (secondary N) is 1. The minimum atomic E-state index is -4.73. The van der Waals surface area contributed by atoms with Gasteiger partial charge in [-0.15, -0.1) is 0 Å². The quantitative estimate of drug-likeness (QED) is 0.787. The highest BCUT2D eigenvalue weighted by molar-refractivity contribution is 5.31. The van der Waals surface area contributed by atoms with Crippen LogP contribution < -0.4 is 10.1 Å². The van der Waals surface area contributed by atoms with Crippen molar-refractivity contribution in [2.45, 2.75) is 51.9 Å². The molecule has 1 unspecified atom stereocenters. The number of alkyl halides is 3. The van der Waals surface area contributed by atoms with Crippen LogP contribution in [0.25, 0.3) is 0 Å². The van der Waals surface area contributed by atoms with Crippen LogP contribution in [0.2, 0.25) is 0 Å². The molecule has 6 heteroatoms. The highest BCUT2D eigenvalue weighted by Crippen LogP contribution is 2.33. The second-order valence-corrected chi connectivity index (χ2v) is 5.69. The van der Waals surface area contributed by atoms with E-state index >= 15 is 0 Å². The van der Waals surface area contributed by atoms with Crippen molar-refractivity contribution in [2.75, 3.05) is 6.54 Å². The molecule has 1 aromatic carbocycles. The lowest BCUT2D eigenvalue weighted by Crippen LogP contribution is -2.43. The van der Waals surface area contributed by atoms with Gasteiger partial charge in [0.25, 0.3) is 0 Å². The molecule has 0 amide bonds. The second-order valence-electron chi connectivity index (χ2n) is 5.69. The van der Waals surface area contributed by atoms with Gasteiger partial charge < -0.3 is 10.1 Å². The van der Waals surface area contributed by atoms with E-state index in [0.29, 0.717) is 12.6 Å². The second kappa shape index (κ2) is 6.64. The summed E-state index contributed by atoms with van der Waals surface area (Å²) < 4.78 is 56.4. The number of hydrogen-bond acceptors (Lipinski definition) is 2. The first-order valence-electron chi connectivity index (χ1n) is 6.83. The van der Waals surface area contributed by atoms with Crippen molar-refractivity contribution in [2.24, 2.45) is 0 Å².